The zero-order chi connectivity index (χ0) is 17.6. The molecule has 1 heterocycles. The highest BCUT2D eigenvalue weighted by molar-refractivity contribution is 9.10. The molecule has 0 atom stereocenters. The summed E-state index contributed by atoms with van der Waals surface area (Å²) < 4.78 is 0.911. The number of benzene rings is 2. The van der Waals surface area contributed by atoms with Crippen molar-refractivity contribution in [3.05, 3.63) is 81.1 Å². The molecule has 0 aliphatic rings. The van der Waals surface area contributed by atoms with Crippen LogP contribution in [0, 0.1) is 10.1 Å². The van der Waals surface area contributed by atoms with Crippen LogP contribution in [0.4, 0.5) is 11.4 Å². The topological polar surface area (TPSA) is 81.3 Å². The minimum atomic E-state index is -0.427. The lowest BCUT2D eigenvalue weighted by Crippen LogP contribution is -1.93. The van der Waals surface area contributed by atoms with E-state index in [0.717, 1.165) is 15.1 Å². The zero-order valence-corrected chi connectivity index (χ0v) is 15.1. The maximum Gasteiger partial charge on any atom is 0.270 e. The van der Waals surface area contributed by atoms with E-state index in [2.05, 4.69) is 30.9 Å². The molecular weight excluding hydrogens is 404 g/mol. The second-order valence-electron chi connectivity index (χ2n) is 4.85. The summed E-state index contributed by atoms with van der Waals surface area (Å²) in [5.41, 5.74) is 1.38. The number of hydrogen-bond acceptors (Lipinski definition) is 6. The minimum Gasteiger partial charge on any atom is -0.258 e. The average Bonchev–Trinajstić information content (AvgIpc) is 2.61. The third-order valence-electron chi connectivity index (χ3n) is 3.11. The van der Waals surface area contributed by atoms with Gasteiger partial charge in [-0.3, -0.25) is 15.1 Å². The second kappa shape index (κ2) is 8.00. The van der Waals surface area contributed by atoms with Crippen molar-refractivity contribution >= 4 is 45.3 Å². The molecule has 25 heavy (non-hydrogen) atoms. The summed E-state index contributed by atoms with van der Waals surface area (Å²) in [6, 6.07) is 13.9. The van der Waals surface area contributed by atoms with Crippen LogP contribution < -0.4 is 0 Å². The third kappa shape index (κ3) is 4.71. The molecule has 1 aromatic heterocycles. The van der Waals surface area contributed by atoms with Crippen LogP contribution in [0.15, 0.2) is 80.4 Å². The van der Waals surface area contributed by atoms with Gasteiger partial charge in [0.1, 0.15) is 0 Å². The van der Waals surface area contributed by atoms with Crippen LogP contribution >= 0.6 is 27.7 Å². The molecule has 0 spiro atoms. The van der Waals surface area contributed by atoms with Crippen LogP contribution in [0.5, 0.6) is 0 Å². The number of hydrogen-bond donors (Lipinski definition) is 0. The zero-order valence-electron chi connectivity index (χ0n) is 12.7. The van der Waals surface area contributed by atoms with Crippen LogP contribution in [0.3, 0.4) is 0 Å². The molecule has 0 unspecified atom stereocenters. The first-order valence-electron chi connectivity index (χ1n) is 7.15. The number of aromatic nitrogens is 2. The smallest absolute Gasteiger partial charge is 0.258 e. The molecule has 124 valence electrons. The molecule has 3 rings (SSSR count). The Labute approximate surface area is 156 Å². The summed E-state index contributed by atoms with van der Waals surface area (Å²) in [6.45, 7) is 0. The Balaban J connectivity index is 1.96. The number of nitrogens with zero attached hydrogens (tertiary/aromatic N) is 4. The van der Waals surface area contributed by atoms with E-state index in [9.17, 15) is 10.1 Å². The van der Waals surface area contributed by atoms with Crippen LogP contribution in [-0.2, 0) is 0 Å². The van der Waals surface area contributed by atoms with Crippen molar-refractivity contribution in [3.63, 3.8) is 0 Å². The Kier molecular flexibility index (Phi) is 5.52. The van der Waals surface area contributed by atoms with Gasteiger partial charge in [-0.15, -0.1) is 0 Å². The van der Waals surface area contributed by atoms with Gasteiger partial charge in [0.25, 0.3) is 5.69 Å². The van der Waals surface area contributed by atoms with Crippen LogP contribution in [0.1, 0.15) is 5.56 Å². The van der Waals surface area contributed by atoms with Crippen LogP contribution in [0.25, 0.3) is 0 Å². The molecule has 3 aromatic rings. The van der Waals surface area contributed by atoms with Crippen molar-refractivity contribution in [1.29, 1.82) is 0 Å². The number of nitro benzene ring substituents is 1. The van der Waals surface area contributed by atoms with Crippen molar-refractivity contribution < 1.29 is 4.92 Å². The third-order valence-corrected chi connectivity index (χ3v) is 4.59. The van der Waals surface area contributed by atoms with Crippen molar-refractivity contribution in [1.82, 2.24) is 9.97 Å². The molecule has 8 heteroatoms. The van der Waals surface area contributed by atoms with E-state index in [1.54, 1.807) is 30.7 Å². The maximum atomic E-state index is 11.1. The summed E-state index contributed by atoms with van der Waals surface area (Å²) in [4.78, 5) is 24.2. The lowest BCUT2D eigenvalue weighted by Gasteiger charge is -2.04. The first kappa shape index (κ1) is 17.2. The van der Waals surface area contributed by atoms with E-state index in [1.165, 1.54) is 23.9 Å². The van der Waals surface area contributed by atoms with Gasteiger partial charge in [0.2, 0.25) is 0 Å². The number of non-ortho nitro benzene ring substituents is 1. The monoisotopic (exact) mass is 414 g/mol. The predicted octanol–water partition coefficient (Wildman–Crippen LogP) is 5.05. The van der Waals surface area contributed by atoms with Gasteiger partial charge in [0.15, 0.2) is 5.16 Å². The van der Waals surface area contributed by atoms with Crippen molar-refractivity contribution in [2.75, 3.05) is 0 Å². The molecule has 0 bridgehead atoms. The summed E-state index contributed by atoms with van der Waals surface area (Å²) in [5, 5.41) is 11.6. The lowest BCUT2D eigenvalue weighted by molar-refractivity contribution is -0.384. The molecular formula is C17H11BrN4O2S. The molecule has 0 amide bonds. The van der Waals surface area contributed by atoms with Crippen molar-refractivity contribution in [2.45, 2.75) is 10.1 Å². The number of rotatable bonds is 5. The van der Waals surface area contributed by atoms with Gasteiger partial charge in [-0.05, 0) is 42.1 Å². The van der Waals surface area contributed by atoms with Gasteiger partial charge in [-0.25, -0.2) is 9.97 Å². The largest absolute Gasteiger partial charge is 0.270 e. The molecule has 0 aliphatic carbocycles. The molecule has 0 saturated carbocycles. The fourth-order valence-corrected chi connectivity index (χ4v) is 3.16. The van der Waals surface area contributed by atoms with Gasteiger partial charge in [0.05, 0.1) is 10.6 Å². The molecule has 0 aliphatic heterocycles. The van der Waals surface area contributed by atoms with E-state index < -0.39 is 4.92 Å². The number of aliphatic imine (C=N–C) groups is 1. The normalized spacial score (nSPS) is 10.9. The quantitative estimate of drug-likeness (QED) is 0.252. The summed E-state index contributed by atoms with van der Waals surface area (Å²) in [7, 11) is 0. The SMILES string of the molecule is O=[N+]([O-])c1ccc(Sc2ncccn2)c(C=Nc2cccc(Br)c2)c1. The van der Waals surface area contributed by atoms with E-state index >= 15 is 0 Å². The van der Waals surface area contributed by atoms with E-state index in [4.69, 9.17) is 0 Å². The van der Waals surface area contributed by atoms with E-state index in [1.807, 2.05) is 24.3 Å². The Bertz CT molecular complexity index is 935. The Morgan fingerprint density at radius 2 is 1.92 bits per heavy atom. The Hall–Kier alpha value is -2.58. The highest BCUT2D eigenvalue weighted by Crippen LogP contribution is 2.30. The van der Waals surface area contributed by atoms with Gasteiger partial charge in [0, 0.05) is 45.7 Å². The molecule has 2 aromatic carbocycles. The fraction of sp³-hybridized carbons (Fsp3) is 0. The highest BCUT2D eigenvalue weighted by Gasteiger charge is 2.11. The minimum absolute atomic E-state index is 0.00835. The van der Waals surface area contributed by atoms with Gasteiger partial charge < -0.3 is 0 Å². The Morgan fingerprint density at radius 1 is 1.12 bits per heavy atom. The van der Waals surface area contributed by atoms with Gasteiger partial charge in [-0.1, -0.05) is 22.0 Å². The predicted molar refractivity (Wildman–Crippen MR) is 101 cm³/mol. The second-order valence-corrected chi connectivity index (χ2v) is 6.78. The van der Waals surface area contributed by atoms with Crippen molar-refractivity contribution in [3.8, 4) is 0 Å². The summed E-state index contributed by atoms with van der Waals surface area (Å²) in [6.07, 6.45) is 4.91. The molecule has 0 saturated heterocycles. The summed E-state index contributed by atoms with van der Waals surface area (Å²) >= 11 is 4.72. The van der Waals surface area contributed by atoms with E-state index in [-0.39, 0.29) is 5.69 Å². The maximum absolute atomic E-state index is 11.1. The fourth-order valence-electron chi connectivity index (χ4n) is 1.98. The van der Waals surface area contributed by atoms with Crippen LogP contribution in [-0.4, -0.2) is 21.1 Å². The summed E-state index contributed by atoms with van der Waals surface area (Å²) in [5.74, 6) is 0. The average molecular weight is 415 g/mol. The molecule has 0 fully saturated rings. The molecule has 6 nitrogen and oxygen atoms in total. The molecule has 0 radical (unpaired) electrons. The standard InChI is InChI=1S/C17H11BrN4O2S/c18-13-3-1-4-14(10-13)21-11-12-9-15(22(23)24)5-6-16(12)25-17-19-7-2-8-20-17/h1-11H. The number of nitro groups is 1. The first-order chi connectivity index (χ1) is 12.1. The Morgan fingerprint density at radius 3 is 2.64 bits per heavy atom. The van der Waals surface area contributed by atoms with Gasteiger partial charge >= 0.3 is 0 Å². The van der Waals surface area contributed by atoms with Crippen molar-refractivity contribution in [2.24, 2.45) is 4.99 Å². The lowest BCUT2D eigenvalue weighted by atomic mass is 10.2. The van der Waals surface area contributed by atoms with Gasteiger partial charge in [-0.2, -0.15) is 0 Å². The van der Waals surface area contributed by atoms with Crippen LogP contribution in [0.2, 0.25) is 0 Å². The molecule has 0 N–H and O–H groups in total. The van der Waals surface area contributed by atoms with E-state index in [0.29, 0.717) is 10.7 Å². The first-order valence-corrected chi connectivity index (χ1v) is 8.76. The highest BCUT2D eigenvalue weighted by atomic mass is 79.9. The number of halogens is 1.